The number of hydrogen-bond acceptors (Lipinski definition) is 6. The van der Waals surface area contributed by atoms with E-state index in [4.69, 9.17) is 16.3 Å². The maximum Gasteiger partial charge on any atom is 0.182 e. The van der Waals surface area contributed by atoms with Crippen molar-refractivity contribution in [2.24, 2.45) is 5.16 Å². The predicted octanol–water partition coefficient (Wildman–Crippen LogP) is 3.25. The molecule has 0 saturated carbocycles. The van der Waals surface area contributed by atoms with Crippen LogP contribution in [0.2, 0.25) is 5.15 Å². The highest BCUT2D eigenvalue weighted by Crippen LogP contribution is 2.28. The van der Waals surface area contributed by atoms with E-state index in [-0.39, 0.29) is 40.0 Å². The highest BCUT2D eigenvalue weighted by atomic mass is 35.5. The molecule has 6 nitrogen and oxygen atoms in total. The van der Waals surface area contributed by atoms with Gasteiger partial charge in [0, 0.05) is 31.0 Å². The highest BCUT2D eigenvalue weighted by Gasteiger charge is 2.28. The molecule has 26 heavy (non-hydrogen) atoms. The molecule has 1 fully saturated rings. The normalized spacial score (nSPS) is 21.1. The van der Waals surface area contributed by atoms with Crippen LogP contribution in [-0.2, 0) is 4.74 Å². The van der Waals surface area contributed by atoms with Crippen LogP contribution in [0.4, 0.5) is 14.5 Å². The van der Waals surface area contributed by atoms with E-state index >= 15 is 0 Å². The number of ether oxygens (including phenoxy) is 1. The van der Waals surface area contributed by atoms with Crippen molar-refractivity contribution < 1.29 is 18.7 Å². The van der Waals surface area contributed by atoms with Crippen molar-refractivity contribution in [3.05, 3.63) is 52.6 Å². The summed E-state index contributed by atoms with van der Waals surface area (Å²) in [5.41, 5.74) is -0.479. The molecule has 3 rings (SSSR count). The minimum atomic E-state index is -1.15. The van der Waals surface area contributed by atoms with Crippen LogP contribution in [0, 0.1) is 11.6 Å². The van der Waals surface area contributed by atoms with Crippen LogP contribution in [0.1, 0.15) is 25.1 Å². The molecule has 0 bridgehead atoms. The fourth-order valence-electron chi connectivity index (χ4n) is 3.05. The summed E-state index contributed by atoms with van der Waals surface area (Å²) in [6.07, 6.45) is 2.44. The largest absolute Gasteiger partial charge is 0.410 e. The van der Waals surface area contributed by atoms with Gasteiger partial charge in [-0.2, -0.15) is 0 Å². The van der Waals surface area contributed by atoms with Crippen LogP contribution in [0.5, 0.6) is 0 Å². The van der Waals surface area contributed by atoms with Gasteiger partial charge in [0.1, 0.15) is 11.4 Å². The first-order valence-corrected chi connectivity index (χ1v) is 8.37. The Kier molecular flexibility index (Phi) is 5.33. The van der Waals surface area contributed by atoms with Crippen molar-refractivity contribution >= 4 is 23.0 Å². The molecular weight excluding hydrogens is 366 g/mol. The van der Waals surface area contributed by atoms with E-state index in [0.717, 1.165) is 0 Å². The second kappa shape index (κ2) is 7.51. The number of rotatable bonds is 3. The fourth-order valence-corrected chi connectivity index (χ4v) is 3.24. The van der Waals surface area contributed by atoms with Crippen LogP contribution in [-0.4, -0.2) is 46.2 Å². The van der Waals surface area contributed by atoms with Gasteiger partial charge in [0.2, 0.25) is 0 Å². The Morgan fingerprint density at radius 3 is 2.46 bits per heavy atom. The predicted molar refractivity (Wildman–Crippen MR) is 93.0 cm³/mol. The number of benzene rings is 1. The van der Waals surface area contributed by atoms with Gasteiger partial charge in [0.25, 0.3) is 0 Å². The topological polar surface area (TPSA) is 70.8 Å². The number of halogens is 3. The second-order valence-corrected chi connectivity index (χ2v) is 6.42. The minimum Gasteiger partial charge on any atom is -0.410 e. The Bertz CT molecular complexity index is 840. The molecule has 0 amide bonds. The molecule has 0 spiro atoms. The van der Waals surface area contributed by atoms with Gasteiger partial charge in [-0.15, -0.1) is 0 Å². The third-order valence-corrected chi connectivity index (χ3v) is 4.33. The van der Waals surface area contributed by atoms with E-state index in [9.17, 15) is 14.0 Å². The number of aromatic nitrogens is 2. The maximum atomic E-state index is 14.8. The van der Waals surface area contributed by atoms with Crippen LogP contribution >= 0.6 is 11.6 Å². The van der Waals surface area contributed by atoms with Crippen molar-refractivity contribution in [2.45, 2.75) is 26.1 Å². The number of nitrogens with zero attached hydrogens (tertiary/aromatic N) is 4. The quantitative estimate of drug-likeness (QED) is 0.501. The first-order chi connectivity index (χ1) is 12.4. The summed E-state index contributed by atoms with van der Waals surface area (Å²) in [5, 5.41) is 12.3. The minimum absolute atomic E-state index is 0.0451. The molecular formula is C17H17ClF2N4O2. The SMILES string of the molecule is C[C@@H]1CN(c2ccc(/C(=N\O)c3nccnc3Cl)c(F)c2F)C[C@H](C)O1. The van der Waals surface area contributed by atoms with E-state index in [1.165, 1.54) is 24.5 Å². The Balaban J connectivity index is 2.01. The number of anilines is 1. The molecule has 0 radical (unpaired) electrons. The van der Waals surface area contributed by atoms with Gasteiger partial charge in [0.05, 0.1) is 17.9 Å². The van der Waals surface area contributed by atoms with E-state index < -0.39 is 11.6 Å². The molecule has 0 unspecified atom stereocenters. The van der Waals surface area contributed by atoms with Gasteiger partial charge < -0.3 is 14.8 Å². The van der Waals surface area contributed by atoms with Crippen LogP contribution in [0.25, 0.3) is 0 Å². The number of morpholine rings is 1. The average molecular weight is 383 g/mol. The zero-order chi connectivity index (χ0) is 18.8. The smallest absolute Gasteiger partial charge is 0.182 e. The summed E-state index contributed by atoms with van der Waals surface area (Å²) >= 11 is 5.92. The molecule has 2 atom stereocenters. The molecule has 1 saturated heterocycles. The zero-order valence-corrected chi connectivity index (χ0v) is 14.9. The Morgan fingerprint density at radius 2 is 1.85 bits per heavy atom. The molecule has 2 aromatic rings. The van der Waals surface area contributed by atoms with Crippen molar-refractivity contribution in [3.8, 4) is 0 Å². The number of oxime groups is 1. The molecule has 138 valence electrons. The van der Waals surface area contributed by atoms with Crippen LogP contribution in [0.3, 0.4) is 0 Å². The van der Waals surface area contributed by atoms with Gasteiger partial charge in [-0.1, -0.05) is 16.8 Å². The highest BCUT2D eigenvalue weighted by molar-refractivity contribution is 6.33. The molecule has 1 aliphatic heterocycles. The van der Waals surface area contributed by atoms with E-state index in [2.05, 4.69) is 15.1 Å². The fraction of sp³-hybridized carbons (Fsp3) is 0.353. The molecule has 1 aliphatic rings. The van der Waals surface area contributed by atoms with Gasteiger partial charge in [-0.3, -0.25) is 0 Å². The van der Waals surface area contributed by atoms with Crippen molar-refractivity contribution in [3.63, 3.8) is 0 Å². The second-order valence-electron chi connectivity index (χ2n) is 6.07. The molecule has 0 aliphatic carbocycles. The van der Waals surface area contributed by atoms with E-state index in [1.54, 1.807) is 4.90 Å². The van der Waals surface area contributed by atoms with Gasteiger partial charge in [-0.25, -0.2) is 18.7 Å². The third kappa shape index (κ3) is 3.47. The zero-order valence-electron chi connectivity index (χ0n) is 14.2. The first kappa shape index (κ1) is 18.5. The summed E-state index contributed by atoms with van der Waals surface area (Å²) in [5.74, 6) is -2.19. The molecule has 1 aromatic carbocycles. The van der Waals surface area contributed by atoms with Crippen LogP contribution in [0.15, 0.2) is 29.7 Å². The molecule has 1 N–H and O–H groups in total. The average Bonchev–Trinajstić information content (AvgIpc) is 2.60. The molecule has 1 aromatic heterocycles. The molecule has 9 heteroatoms. The number of hydrogen-bond donors (Lipinski definition) is 1. The molecule has 2 heterocycles. The van der Waals surface area contributed by atoms with Crippen molar-refractivity contribution in [1.82, 2.24) is 9.97 Å². The van der Waals surface area contributed by atoms with Crippen molar-refractivity contribution in [2.75, 3.05) is 18.0 Å². The Labute approximate surface area is 154 Å². The van der Waals surface area contributed by atoms with Crippen molar-refractivity contribution in [1.29, 1.82) is 0 Å². The monoisotopic (exact) mass is 382 g/mol. The lowest BCUT2D eigenvalue weighted by Gasteiger charge is -2.37. The van der Waals surface area contributed by atoms with Crippen LogP contribution < -0.4 is 4.90 Å². The van der Waals surface area contributed by atoms with E-state index in [1.807, 2.05) is 13.8 Å². The van der Waals surface area contributed by atoms with Gasteiger partial charge in [-0.05, 0) is 26.0 Å². The summed E-state index contributed by atoms with van der Waals surface area (Å²) in [6.45, 7) is 4.63. The Hall–Kier alpha value is -2.32. The lowest BCUT2D eigenvalue weighted by molar-refractivity contribution is -0.00542. The lowest BCUT2D eigenvalue weighted by Crippen LogP contribution is -2.46. The summed E-state index contributed by atoms with van der Waals surface area (Å²) in [4.78, 5) is 9.46. The van der Waals surface area contributed by atoms with E-state index in [0.29, 0.717) is 13.1 Å². The van der Waals surface area contributed by atoms with Gasteiger partial charge in [0.15, 0.2) is 16.8 Å². The third-order valence-electron chi connectivity index (χ3n) is 4.06. The summed E-state index contributed by atoms with van der Waals surface area (Å²) < 4.78 is 35.1. The first-order valence-electron chi connectivity index (χ1n) is 8.00. The maximum absolute atomic E-state index is 14.8. The Morgan fingerprint density at radius 1 is 1.19 bits per heavy atom. The summed E-state index contributed by atoms with van der Waals surface area (Å²) in [7, 11) is 0. The lowest BCUT2D eigenvalue weighted by atomic mass is 10.0. The summed E-state index contributed by atoms with van der Waals surface area (Å²) in [6, 6.07) is 2.77. The standard InChI is InChI=1S/C17H17ClF2N4O2/c1-9-7-24(8-10(2)26-9)12-4-3-11(13(19)14(12)20)15(23-25)16-17(18)22-6-5-21-16/h3-6,9-10,25H,7-8H2,1-2H3/b23-15+/t9-,10+. The van der Waals surface area contributed by atoms with Gasteiger partial charge >= 0.3 is 0 Å².